The van der Waals surface area contributed by atoms with Crippen LogP contribution in [0, 0.1) is 0 Å². The van der Waals surface area contributed by atoms with Gasteiger partial charge < -0.3 is 15.6 Å². The number of hydrogen-bond acceptors (Lipinski definition) is 3. The molecule has 3 N–H and O–H groups in total. The van der Waals surface area contributed by atoms with Gasteiger partial charge >= 0.3 is 0 Å². The third-order valence-corrected chi connectivity index (χ3v) is 3.63. The van der Waals surface area contributed by atoms with Gasteiger partial charge in [0.25, 0.3) is 5.91 Å². The van der Waals surface area contributed by atoms with Gasteiger partial charge in [-0.2, -0.15) is 0 Å². The van der Waals surface area contributed by atoms with E-state index in [9.17, 15) is 4.79 Å². The molecule has 2 aromatic rings. The van der Waals surface area contributed by atoms with E-state index in [-0.39, 0.29) is 11.9 Å². The van der Waals surface area contributed by atoms with Gasteiger partial charge in [-0.25, -0.2) is 0 Å². The lowest BCUT2D eigenvalue weighted by Crippen LogP contribution is -2.27. The van der Waals surface area contributed by atoms with E-state index in [2.05, 4.69) is 5.32 Å². The summed E-state index contributed by atoms with van der Waals surface area (Å²) >= 11 is 1.63. The minimum atomic E-state index is -0.106. The molecule has 2 heterocycles. The fraction of sp³-hybridized carbons (Fsp3) is 0.250. The van der Waals surface area contributed by atoms with Gasteiger partial charge in [-0.15, -0.1) is 11.3 Å². The van der Waals surface area contributed by atoms with E-state index in [4.69, 9.17) is 5.73 Å². The average molecular weight is 249 g/mol. The van der Waals surface area contributed by atoms with Gasteiger partial charge in [0, 0.05) is 18.1 Å². The summed E-state index contributed by atoms with van der Waals surface area (Å²) in [5.41, 5.74) is 6.82. The molecule has 0 bridgehead atoms. The van der Waals surface area contributed by atoms with Crippen molar-refractivity contribution < 1.29 is 4.79 Å². The third-order valence-electron chi connectivity index (χ3n) is 2.58. The number of amides is 1. The van der Waals surface area contributed by atoms with Crippen molar-refractivity contribution in [2.75, 3.05) is 5.73 Å². The van der Waals surface area contributed by atoms with Crippen LogP contribution in [0.25, 0.3) is 0 Å². The van der Waals surface area contributed by atoms with Gasteiger partial charge in [-0.05, 0) is 24.4 Å². The monoisotopic (exact) mass is 249 g/mol. The maximum atomic E-state index is 12.0. The quantitative estimate of drug-likeness (QED) is 0.875. The molecule has 0 aliphatic carbocycles. The fourth-order valence-corrected chi connectivity index (χ4v) is 2.43. The maximum Gasteiger partial charge on any atom is 0.268 e. The molecule has 90 valence electrons. The molecule has 2 aromatic heterocycles. The number of anilines is 1. The number of carbonyl (C=O) groups excluding carboxylic acids is 1. The van der Waals surface area contributed by atoms with Crippen LogP contribution in [0.2, 0.25) is 0 Å². The van der Waals surface area contributed by atoms with Crippen molar-refractivity contribution in [1.82, 2.24) is 9.88 Å². The Kier molecular flexibility index (Phi) is 3.19. The zero-order valence-electron chi connectivity index (χ0n) is 9.81. The molecular weight excluding hydrogens is 234 g/mol. The number of hydrogen-bond donors (Lipinski definition) is 2. The van der Waals surface area contributed by atoms with Crippen molar-refractivity contribution in [1.29, 1.82) is 0 Å². The molecule has 0 saturated carbocycles. The van der Waals surface area contributed by atoms with Crippen LogP contribution in [-0.2, 0) is 7.05 Å². The summed E-state index contributed by atoms with van der Waals surface area (Å²) in [5.74, 6) is -0.106. The fourth-order valence-electron chi connectivity index (χ4n) is 1.70. The Morgan fingerprint density at radius 3 is 2.88 bits per heavy atom. The molecule has 0 aliphatic heterocycles. The van der Waals surface area contributed by atoms with Crippen molar-refractivity contribution in [3.63, 3.8) is 0 Å². The highest BCUT2D eigenvalue weighted by atomic mass is 32.1. The molecule has 1 unspecified atom stereocenters. The zero-order chi connectivity index (χ0) is 12.4. The van der Waals surface area contributed by atoms with Gasteiger partial charge in [-0.1, -0.05) is 6.07 Å². The first-order valence-corrected chi connectivity index (χ1v) is 6.22. The molecule has 0 fully saturated rings. The van der Waals surface area contributed by atoms with Crippen LogP contribution in [0.3, 0.4) is 0 Å². The van der Waals surface area contributed by atoms with Gasteiger partial charge in [0.05, 0.1) is 11.7 Å². The van der Waals surface area contributed by atoms with E-state index < -0.39 is 0 Å². The molecular formula is C12H15N3OS. The number of carbonyl (C=O) groups is 1. The largest absolute Gasteiger partial charge is 0.397 e. The van der Waals surface area contributed by atoms with Gasteiger partial charge in [0.15, 0.2) is 0 Å². The van der Waals surface area contributed by atoms with Crippen LogP contribution < -0.4 is 11.1 Å². The Bertz CT molecular complexity index is 516. The van der Waals surface area contributed by atoms with Crippen LogP contribution in [0.1, 0.15) is 28.3 Å². The second-order valence-corrected chi connectivity index (χ2v) is 4.96. The second kappa shape index (κ2) is 4.63. The van der Waals surface area contributed by atoms with Crippen LogP contribution in [0.15, 0.2) is 29.8 Å². The molecule has 5 heteroatoms. The summed E-state index contributed by atoms with van der Waals surface area (Å²) in [6.45, 7) is 1.97. The molecule has 1 amide bonds. The number of aromatic nitrogens is 1. The number of nitrogen functional groups attached to an aromatic ring is 1. The normalized spacial score (nSPS) is 12.4. The Morgan fingerprint density at radius 2 is 2.35 bits per heavy atom. The number of rotatable bonds is 3. The number of aryl methyl sites for hydroxylation is 1. The first-order chi connectivity index (χ1) is 8.08. The van der Waals surface area contributed by atoms with Gasteiger partial charge in [0.1, 0.15) is 5.69 Å². The predicted octanol–water partition coefficient (Wildman–Crippen LogP) is 2.16. The van der Waals surface area contributed by atoms with Crippen LogP contribution in [0.5, 0.6) is 0 Å². The highest BCUT2D eigenvalue weighted by molar-refractivity contribution is 7.10. The molecule has 1 atom stereocenters. The number of nitrogens with two attached hydrogens (primary N) is 1. The SMILES string of the molecule is CC(NC(=O)c1cc(N)cn1C)c1cccs1. The molecule has 4 nitrogen and oxygen atoms in total. The van der Waals surface area contributed by atoms with Gasteiger partial charge in [-0.3, -0.25) is 4.79 Å². The Balaban J connectivity index is 2.09. The molecule has 17 heavy (non-hydrogen) atoms. The first-order valence-electron chi connectivity index (χ1n) is 5.34. The van der Waals surface area contributed by atoms with E-state index in [0.717, 1.165) is 4.88 Å². The van der Waals surface area contributed by atoms with Crippen molar-refractivity contribution in [3.8, 4) is 0 Å². The molecule has 0 radical (unpaired) electrons. The Morgan fingerprint density at radius 1 is 1.59 bits per heavy atom. The Labute approximate surface area is 104 Å². The molecule has 0 spiro atoms. The van der Waals surface area contributed by atoms with Crippen LogP contribution in [0.4, 0.5) is 5.69 Å². The van der Waals surface area contributed by atoms with Crippen molar-refractivity contribution >= 4 is 22.9 Å². The topological polar surface area (TPSA) is 60.1 Å². The lowest BCUT2D eigenvalue weighted by atomic mass is 10.2. The average Bonchev–Trinajstić information content (AvgIpc) is 2.87. The number of thiophene rings is 1. The lowest BCUT2D eigenvalue weighted by molar-refractivity contribution is 0.0932. The molecule has 2 rings (SSSR count). The minimum absolute atomic E-state index is 0.0126. The highest BCUT2D eigenvalue weighted by Crippen LogP contribution is 2.19. The summed E-state index contributed by atoms with van der Waals surface area (Å²) in [6, 6.07) is 5.67. The standard InChI is InChI=1S/C12H15N3OS/c1-8(11-4-3-5-17-11)14-12(16)10-6-9(13)7-15(10)2/h3-8H,13H2,1-2H3,(H,14,16). The first kappa shape index (κ1) is 11.7. The number of nitrogens with zero attached hydrogens (tertiary/aromatic N) is 1. The highest BCUT2D eigenvalue weighted by Gasteiger charge is 2.14. The summed E-state index contributed by atoms with van der Waals surface area (Å²) in [6.07, 6.45) is 1.73. The summed E-state index contributed by atoms with van der Waals surface area (Å²) in [5, 5.41) is 4.95. The maximum absolute atomic E-state index is 12.0. The van der Waals surface area contributed by atoms with Crippen molar-refractivity contribution in [2.45, 2.75) is 13.0 Å². The van der Waals surface area contributed by atoms with Crippen LogP contribution >= 0.6 is 11.3 Å². The second-order valence-electron chi connectivity index (χ2n) is 3.98. The zero-order valence-corrected chi connectivity index (χ0v) is 10.6. The van der Waals surface area contributed by atoms with Crippen molar-refractivity contribution in [2.24, 2.45) is 7.05 Å². The van der Waals surface area contributed by atoms with Gasteiger partial charge in [0.2, 0.25) is 0 Å². The minimum Gasteiger partial charge on any atom is -0.397 e. The smallest absolute Gasteiger partial charge is 0.268 e. The third kappa shape index (κ3) is 2.50. The van der Waals surface area contributed by atoms with E-state index in [0.29, 0.717) is 11.4 Å². The van der Waals surface area contributed by atoms with E-state index in [1.54, 1.807) is 35.2 Å². The van der Waals surface area contributed by atoms with Crippen molar-refractivity contribution in [3.05, 3.63) is 40.3 Å². The van der Waals surface area contributed by atoms with E-state index in [1.807, 2.05) is 24.4 Å². The van der Waals surface area contributed by atoms with Crippen LogP contribution in [-0.4, -0.2) is 10.5 Å². The summed E-state index contributed by atoms with van der Waals surface area (Å²) in [4.78, 5) is 13.1. The molecule has 0 aliphatic rings. The predicted molar refractivity (Wildman–Crippen MR) is 70.0 cm³/mol. The van der Waals surface area contributed by atoms with E-state index >= 15 is 0 Å². The molecule has 0 aromatic carbocycles. The van der Waals surface area contributed by atoms with E-state index in [1.165, 1.54) is 0 Å². The number of nitrogens with one attached hydrogen (secondary N) is 1. The summed E-state index contributed by atoms with van der Waals surface area (Å²) in [7, 11) is 1.81. The lowest BCUT2D eigenvalue weighted by Gasteiger charge is -2.12. The molecule has 0 saturated heterocycles. The Hall–Kier alpha value is -1.75. The summed E-state index contributed by atoms with van der Waals surface area (Å²) < 4.78 is 1.73.